The second kappa shape index (κ2) is 12.9. The Labute approximate surface area is 183 Å². The van der Waals surface area contributed by atoms with Gasteiger partial charge in [0.1, 0.15) is 6.04 Å². The van der Waals surface area contributed by atoms with Crippen molar-refractivity contribution in [1.29, 1.82) is 0 Å². The minimum Gasteiger partial charge on any atom is -0.464 e. The van der Waals surface area contributed by atoms with Crippen molar-refractivity contribution in [1.82, 2.24) is 20.1 Å². The molecule has 1 aliphatic rings. The number of hydrogen-bond donors (Lipinski definition) is 1. The molecule has 2 amide bonds. The normalized spacial score (nSPS) is 15.8. The molecule has 1 aliphatic heterocycles. The lowest BCUT2D eigenvalue weighted by atomic mass is 10.2. The van der Waals surface area contributed by atoms with E-state index in [1.54, 1.807) is 23.3 Å². The van der Waals surface area contributed by atoms with Crippen molar-refractivity contribution in [2.45, 2.75) is 58.5 Å². The van der Waals surface area contributed by atoms with Crippen molar-refractivity contribution in [2.75, 3.05) is 46.5 Å². The topological polar surface area (TPSA) is 84.0 Å². The van der Waals surface area contributed by atoms with Gasteiger partial charge in [-0.15, -0.1) is 11.3 Å². The number of nitrogens with zero attached hydrogens (tertiary/aromatic N) is 3. The molecule has 1 unspecified atom stereocenters. The zero-order valence-electron chi connectivity index (χ0n) is 18.7. The number of rotatable bonds is 11. The molecule has 9 heteroatoms. The van der Waals surface area contributed by atoms with Crippen LogP contribution in [-0.4, -0.2) is 79.3 Å². The number of carbonyl (C=O) groups excluding carboxylic acids is 2. The van der Waals surface area contributed by atoms with E-state index in [0.29, 0.717) is 45.2 Å². The Balaban J connectivity index is 1.91. The van der Waals surface area contributed by atoms with Gasteiger partial charge in [-0.2, -0.15) is 0 Å². The predicted molar refractivity (Wildman–Crippen MR) is 118 cm³/mol. The Bertz CT molecular complexity index is 661. The van der Waals surface area contributed by atoms with Crippen molar-refractivity contribution >= 4 is 23.3 Å². The molecule has 170 valence electrons. The van der Waals surface area contributed by atoms with E-state index in [9.17, 15) is 9.59 Å². The van der Waals surface area contributed by atoms with Crippen LogP contribution >= 0.6 is 11.3 Å². The first-order valence-corrected chi connectivity index (χ1v) is 11.7. The summed E-state index contributed by atoms with van der Waals surface area (Å²) >= 11 is 1.61. The van der Waals surface area contributed by atoms with Gasteiger partial charge in [-0.1, -0.05) is 27.2 Å². The Morgan fingerprint density at radius 2 is 2.10 bits per heavy atom. The highest BCUT2D eigenvalue weighted by Gasteiger charge is 2.25. The molecular formula is C21H36N4O4S. The quantitative estimate of drug-likeness (QED) is 0.421. The van der Waals surface area contributed by atoms with Gasteiger partial charge in [-0.3, -0.25) is 4.90 Å². The van der Waals surface area contributed by atoms with E-state index in [1.807, 2.05) is 12.3 Å². The highest BCUT2D eigenvalue weighted by Crippen LogP contribution is 2.19. The van der Waals surface area contributed by atoms with Crippen LogP contribution in [0.4, 0.5) is 4.79 Å². The maximum Gasteiger partial charge on any atom is 0.328 e. The summed E-state index contributed by atoms with van der Waals surface area (Å²) in [6.45, 7) is 10.8. The van der Waals surface area contributed by atoms with Crippen LogP contribution in [-0.2, 0) is 20.8 Å². The lowest BCUT2D eigenvalue weighted by Crippen LogP contribution is -2.49. The van der Waals surface area contributed by atoms with Crippen molar-refractivity contribution in [3.05, 3.63) is 16.1 Å². The van der Waals surface area contributed by atoms with Crippen molar-refractivity contribution in [3.63, 3.8) is 0 Å². The maximum absolute atomic E-state index is 12.7. The lowest BCUT2D eigenvalue weighted by Gasteiger charge is -2.28. The van der Waals surface area contributed by atoms with Gasteiger partial charge in [-0.05, 0) is 12.8 Å². The number of hydrogen-bond acceptors (Lipinski definition) is 7. The number of thiazole rings is 1. The third-order valence-electron chi connectivity index (χ3n) is 4.97. The highest BCUT2D eigenvalue weighted by atomic mass is 32.1. The number of carbonyl (C=O) groups is 2. The average molecular weight is 441 g/mol. The fourth-order valence-electron chi connectivity index (χ4n) is 3.04. The number of amides is 2. The summed E-state index contributed by atoms with van der Waals surface area (Å²) < 4.78 is 10.8. The van der Waals surface area contributed by atoms with Crippen LogP contribution in [0.25, 0.3) is 0 Å². The fourth-order valence-corrected chi connectivity index (χ4v) is 3.86. The molecule has 0 bridgehead atoms. The molecule has 0 spiro atoms. The summed E-state index contributed by atoms with van der Waals surface area (Å²) in [7, 11) is 1.71. The first-order valence-electron chi connectivity index (χ1n) is 10.8. The van der Waals surface area contributed by atoms with Crippen LogP contribution in [0.15, 0.2) is 5.38 Å². The minimum atomic E-state index is -0.665. The largest absolute Gasteiger partial charge is 0.464 e. The summed E-state index contributed by atoms with van der Waals surface area (Å²) in [4.78, 5) is 33.7. The number of morpholine rings is 1. The van der Waals surface area contributed by atoms with E-state index >= 15 is 0 Å². The smallest absolute Gasteiger partial charge is 0.328 e. The zero-order chi connectivity index (χ0) is 21.9. The highest BCUT2D eigenvalue weighted by molar-refractivity contribution is 7.09. The molecule has 0 aromatic carbocycles. The minimum absolute atomic E-state index is 0.298. The van der Waals surface area contributed by atoms with Gasteiger partial charge in [0, 0.05) is 38.0 Å². The van der Waals surface area contributed by atoms with E-state index in [-0.39, 0.29) is 12.0 Å². The number of esters is 1. The van der Waals surface area contributed by atoms with Gasteiger partial charge >= 0.3 is 12.0 Å². The molecule has 1 fully saturated rings. The average Bonchev–Trinajstić information content (AvgIpc) is 3.20. The Hall–Kier alpha value is -1.71. The molecule has 2 rings (SSSR count). The fraction of sp³-hybridized carbons (Fsp3) is 0.762. The predicted octanol–water partition coefficient (Wildman–Crippen LogP) is 2.84. The molecule has 1 aromatic heterocycles. The number of unbranched alkanes of at least 4 members (excludes halogenated alkanes) is 1. The summed E-state index contributed by atoms with van der Waals surface area (Å²) in [5, 5.41) is 5.90. The Kier molecular flexibility index (Phi) is 10.5. The van der Waals surface area contributed by atoms with Crippen LogP contribution in [0, 0.1) is 0 Å². The third-order valence-corrected chi connectivity index (χ3v) is 6.17. The van der Waals surface area contributed by atoms with Crippen LogP contribution in [0.2, 0.25) is 0 Å². The van der Waals surface area contributed by atoms with Gasteiger partial charge in [0.15, 0.2) is 0 Å². The molecule has 0 saturated carbocycles. The third kappa shape index (κ3) is 8.20. The molecule has 0 radical (unpaired) electrons. The van der Waals surface area contributed by atoms with Crippen molar-refractivity contribution in [2.24, 2.45) is 0 Å². The molecule has 8 nitrogen and oxygen atoms in total. The van der Waals surface area contributed by atoms with Gasteiger partial charge in [-0.25, -0.2) is 14.6 Å². The van der Waals surface area contributed by atoms with E-state index in [1.165, 1.54) is 0 Å². The molecule has 1 atom stereocenters. The van der Waals surface area contributed by atoms with E-state index in [0.717, 1.165) is 36.6 Å². The summed E-state index contributed by atoms with van der Waals surface area (Å²) in [5.74, 6) is -0.000414. The summed E-state index contributed by atoms with van der Waals surface area (Å²) in [6.07, 6.45) is 2.28. The molecular weight excluding hydrogens is 404 g/mol. The number of aromatic nitrogens is 1. The summed E-state index contributed by atoms with van der Waals surface area (Å²) in [5.41, 5.74) is 0.858. The summed E-state index contributed by atoms with van der Waals surface area (Å²) in [6, 6.07) is -0.963. The molecule has 1 saturated heterocycles. The van der Waals surface area contributed by atoms with Crippen molar-refractivity contribution < 1.29 is 19.1 Å². The van der Waals surface area contributed by atoms with Gasteiger partial charge < -0.3 is 19.7 Å². The lowest BCUT2D eigenvalue weighted by molar-refractivity contribution is -0.146. The van der Waals surface area contributed by atoms with Crippen molar-refractivity contribution in [3.8, 4) is 0 Å². The number of nitrogens with one attached hydrogen (secondary N) is 1. The molecule has 2 heterocycles. The second-order valence-corrected chi connectivity index (χ2v) is 8.84. The van der Waals surface area contributed by atoms with E-state index < -0.39 is 6.04 Å². The van der Waals surface area contributed by atoms with Gasteiger partial charge in [0.25, 0.3) is 0 Å². The zero-order valence-corrected chi connectivity index (χ0v) is 19.5. The maximum atomic E-state index is 12.7. The van der Waals surface area contributed by atoms with Crippen LogP contribution in [0.3, 0.4) is 0 Å². The van der Waals surface area contributed by atoms with Crippen LogP contribution in [0.5, 0.6) is 0 Å². The van der Waals surface area contributed by atoms with Crippen LogP contribution in [0.1, 0.15) is 56.7 Å². The first kappa shape index (κ1) is 24.6. The molecule has 1 N–H and O–H groups in total. The first-order chi connectivity index (χ1) is 14.4. The molecule has 30 heavy (non-hydrogen) atoms. The molecule has 1 aromatic rings. The number of urea groups is 1. The Morgan fingerprint density at radius 1 is 1.37 bits per heavy atom. The van der Waals surface area contributed by atoms with Gasteiger partial charge in [0.2, 0.25) is 0 Å². The van der Waals surface area contributed by atoms with E-state index in [4.69, 9.17) is 9.47 Å². The van der Waals surface area contributed by atoms with Gasteiger partial charge in [0.05, 0.1) is 37.1 Å². The van der Waals surface area contributed by atoms with Crippen LogP contribution < -0.4 is 5.32 Å². The Morgan fingerprint density at radius 3 is 2.73 bits per heavy atom. The second-order valence-electron chi connectivity index (χ2n) is 7.95. The molecule has 0 aliphatic carbocycles. The number of ether oxygens (including phenoxy) is 2. The SMILES string of the molecule is CCCCOC(=O)C(CCN1CCOCC1)NC(=O)N(C)Cc1csc(C(C)C)n1. The monoisotopic (exact) mass is 440 g/mol. The standard InChI is InChI=1S/C21H36N4O4S/c1-5-6-11-29-20(26)18(7-8-25-9-12-28-13-10-25)23-21(27)24(4)14-17-15-30-19(22-17)16(2)3/h15-16,18H,5-14H2,1-4H3,(H,23,27). The van der Waals surface area contributed by atoms with E-state index in [2.05, 4.69) is 29.0 Å².